The molecule has 2 N–H and O–H groups in total. The Labute approximate surface area is 168 Å². The van der Waals surface area contributed by atoms with Gasteiger partial charge in [-0.3, -0.25) is 10.1 Å². The summed E-state index contributed by atoms with van der Waals surface area (Å²) in [6, 6.07) is 1.25. The van der Waals surface area contributed by atoms with Crippen molar-refractivity contribution in [1.29, 1.82) is 0 Å². The Morgan fingerprint density at radius 3 is 2.38 bits per heavy atom. The van der Waals surface area contributed by atoms with Crippen LogP contribution in [0.1, 0.15) is 46.2 Å². The molecule has 0 saturated carbocycles. The van der Waals surface area contributed by atoms with E-state index in [1.54, 1.807) is 34.6 Å². The van der Waals surface area contributed by atoms with E-state index in [2.05, 4.69) is 10.6 Å². The molecule has 0 spiro atoms. The second-order valence-corrected chi connectivity index (χ2v) is 7.02. The van der Waals surface area contributed by atoms with Crippen LogP contribution in [-0.2, 0) is 9.53 Å². The van der Waals surface area contributed by atoms with Gasteiger partial charge in [-0.05, 0) is 46.2 Å². The van der Waals surface area contributed by atoms with Gasteiger partial charge in [-0.1, -0.05) is 0 Å². The lowest BCUT2D eigenvalue weighted by atomic mass is 9.94. The minimum Gasteiger partial charge on any atom is -0.493 e. The number of nitro benzene ring substituents is 1. The predicted molar refractivity (Wildman–Crippen MR) is 104 cm³/mol. The predicted octanol–water partition coefficient (Wildman–Crippen LogP) is 2.97. The summed E-state index contributed by atoms with van der Waals surface area (Å²) in [6.07, 6.45) is -0.711. The number of esters is 1. The van der Waals surface area contributed by atoms with E-state index in [0.717, 1.165) is 0 Å². The third-order valence-corrected chi connectivity index (χ3v) is 3.99. The van der Waals surface area contributed by atoms with Gasteiger partial charge < -0.3 is 24.8 Å². The Balaban J connectivity index is 2.64. The lowest BCUT2D eigenvalue weighted by Gasteiger charge is -2.29. The van der Waals surface area contributed by atoms with E-state index in [1.165, 1.54) is 19.2 Å². The van der Waals surface area contributed by atoms with Crippen molar-refractivity contribution in [2.75, 3.05) is 7.11 Å². The first-order valence-electron chi connectivity index (χ1n) is 9.07. The number of ether oxygens (including phenoxy) is 3. The van der Waals surface area contributed by atoms with E-state index in [1.807, 2.05) is 0 Å². The number of allylic oxidation sites excluding steroid dienone is 1. The highest BCUT2D eigenvalue weighted by Crippen LogP contribution is 2.42. The summed E-state index contributed by atoms with van der Waals surface area (Å²) in [5, 5.41) is 16.8. The second kappa shape index (κ2) is 8.80. The van der Waals surface area contributed by atoms with Crippen molar-refractivity contribution >= 4 is 17.7 Å². The van der Waals surface area contributed by atoms with Crippen molar-refractivity contribution in [3.8, 4) is 11.5 Å². The number of methoxy groups -OCH3 is 1. The maximum Gasteiger partial charge on any atom is 0.338 e. The van der Waals surface area contributed by atoms with Crippen LogP contribution in [0.5, 0.6) is 11.5 Å². The number of nitro groups is 1. The van der Waals surface area contributed by atoms with Crippen LogP contribution in [0.4, 0.5) is 10.5 Å². The number of hydrogen-bond donors (Lipinski definition) is 2. The third kappa shape index (κ3) is 4.95. The average molecular weight is 407 g/mol. The van der Waals surface area contributed by atoms with Gasteiger partial charge in [0.15, 0.2) is 5.75 Å². The summed E-state index contributed by atoms with van der Waals surface area (Å²) in [4.78, 5) is 35.7. The van der Waals surface area contributed by atoms with Crippen LogP contribution >= 0.6 is 0 Å². The smallest absolute Gasteiger partial charge is 0.338 e. The van der Waals surface area contributed by atoms with Crippen molar-refractivity contribution in [3.63, 3.8) is 0 Å². The first kappa shape index (κ1) is 22.0. The summed E-state index contributed by atoms with van der Waals surface area (Å²) in [5.74, 6) is -0.549. The van der Waals surface area contributed by atoms with Gasteiger partial charge in [0, 0.05) is 11.8 Å². The molecular weight excluding hydrogens is 382 g/mol. The summed E-state index contributed by atoms with van der Waals surface area (Å²) in [7, 11) is 1.35. The maximum atomic E-state index is 12.6. The number of hydrogen-bond acceptors (Lipinski definition) is 7. The first-order chi connectivity index (χ1) is 13.5. The number of benzene rings is 1. The number of carbonyl (C=O) groups excluding carboxylic acids is 2. The highest BCUT2D eigenvalue weighted by Gasteiger charge is 2.35. The zero-order chi connectivity index (χ0) is 21.9. The molecule has 0 fully saturated rings. The summed E-state index contributed by atoms with van der Waals surface area (Å²) in [6.45, 7) is 8.42. The van der Waals surface area contributed by atoms with Gasteiger partial charge in [-0.2, -0.15) is 0 Å². The van der Waals surface area contributed by atoms with E-state index in [0.29, 0.717) is 5.70 Å². The van der Waals surface area contributed by atoms with Gasteiger partial charge >= 0.3 is 17.7 Å². The summed E-state index contributed by atoms with van der Waals surface area (Å²) >= 11 is 0. The molecule has 1 aromatic carbocycles. The minimum atomic E-state index is -0.962. The normalized spacial score (nSPS) is 16.4. The van der Waals surface area contributed by atoms with Crippen molar-refractivity contribution in [3.05, 3.63) is 39.1 Å². The van der Waals surface area contributed by atoms with E-state index in [-0.39, 0.29) is 40.5 Å². The zero-order valence-corrected chi connectivity index (χ0v) is 17.2. The van der Waals surface area contributed by atoms with Crippen molar-refractivity contribution in [2.24, 2.45) is 0 Å². The molecule has 0 aromatic heterocycles. The number of amides is 2. The van der Waals surface area contributed by atoms with Gasteiger partial charge in [0.05, 0.1) is 35.9 Å². The number of nitrogens with zero attached hydrogens (tertiary/aromatic N) is 1. The summed E-state index contributed by atoms with van der Waals surface area (Å²) in [5.41, 5.74) is 0.394. The molecule has 0 saturated heterocycles. The molecule has 2 rings (SSSR count). The van der Waals surface area contributed by atoms with E-state index in [4.69, 9.17) is 14.2 Å². The fourth-order valence-electron chi connectivity index (χ4n) is 2.91. The Kier molecular flexibility index (Phi) is 6.68. The Hall–Kier alpha value is -3.30. The molecule has 10 nitrogen and oxygen atoms in total. The second-order valence-electron chi connectivity index (χ2n) is 7.02. The van der Waals surface area contributed by atoms with E-state index >= 15 is 0 Å². The Morgan fingerprint density at radius 2 is 1.86 bits per heavy atom. The molecule has 1 aliphatic rings. The fourth-order valence-corrected chi connectivity index (χ4v) is 2.91. The lowest BCUT2D eigenvalue weighted by Crippen LogP contribution is -2.45. The molecule has 0 bridgehead atoms. The van der Waals surface area contributed by atoms with Gasteiger partial charge in [-0.15, -0.1) is 0 Å². The van der Waals surface area contributed by atoms with Gasteiger partial charge in [0.1, 0.15) is 0 Å². The first-order valence-corrected chi connectivity index (χ1v) is 9.07. The molecule has 0 aliphatic carbocycles. The number of rotatable bonds is 7. The topological polar surface area (TPSA) is 129 Å². The number of nitrogens with one attached hydrogen (secondary N) is 2. The third-order valence-electron chi connectivity index (χ3n) is 3.99. The van der Waals surface area contributed by atoms with Crippen LogP contribution in [-0.4, -0.2) is 36.2 Å². The van der Waals surface area contributed by atoms with Crippen LogP contribution in [0.3, 0.4) is 0 Å². The zero-order valence-electron chi connectivity index (χ0n) is 17.2. The molecule has 158 valence electrons. The van der Waals surface area contributed by atoms with Crippen LogP contribution in [0.25, 0.3) is 0 Å². The average Bonchev–Trinajstić information content (AvgIpc) is 2.59. The molecule has 1 atom stereocenters. The Morgan fingerprint density at radius 1 is 1.21 bits per heavy atom. The van der Waals surface area contributed by atoms with Crippen molar-refractivity contribution < 1.29 is 28.7 Å². The number of carbonyl (C=O) groups is 2. The molecule has 2 amide bonds. The molecule has 1 heterocycles. The van der Waals surface area contributed by atoms with Crippen LogP contribution in [0, 0.1) is 10.1 Å². The van der Waals surface area contributed by atoms with E-state index < -0.39 is 23.0 Å². The molecule has 1 aromatic rings. The highest BCUT2D eigenvalue weighted by atomic mass is 16.6. The van der Waals surface area contributed by atoms with Crippen LogP contribution in [0.2, 0.25) is 0 Å². The van der Waals surface area contributed by atoms with Gasteiger partial charge in [0.25, 0.3) is 0 Å². The fraction of sp³-hybridized carbons (Fsp3) is 0.474. The molecule has 1 unspecified atom stereocenters. The molecule has 1 aliphatic heterocycles. The molecular formula is C19H25N3O7. The molecule has 29 heavy (non-hydrogen) atoms. The molecule has 10 heteroatoms. The monoisotopic (exact) mass is 407 g/mol. The van der Waals surface area contributed by atoms with Gasteiger partial charge in [-0.25, -0.2) is 9.59 Å². The number of urea groups is 1. The van der Waals surface area contributed by atoms with Crippen LogP contribution < -0.4 is 20.1 Å². The van der Waals surface area contributed by atoms with E-state index in [9.17, 15) is 19.7 Å². The lowest BCUT2D eigenvalue weighted by molar-refractivity contribution is -0.386. The quantitative estimate of drug-likeness (QED) is 0.404. The minimum absolute atomic E-state index is 0.0245. The maximum absolute atomic E-state index is 12.6. The highest BCUT2D eigenvalue weighted by molar-refractivity contribution is 5.95. The molecule has 0 radical (unpaired) electrons. The van der Waals surface area contributed by atoms with Gasteiger partial charge in [0.2, 0.25) is 5.75 Å². The standard InChI is InChI=1S/C19H25N3O7/c1-9(2)28-17-13(22(25)26)7-12(8-14(17)27-6)16-15(18(23)29-10(3)4)11(5)20-19(24)21-16/h7-10,16H,1-6H3,(H2,20,21,24). The van der Waals surface area contributed by atoms with Crippen molar-refractivity contribution in [2.45, 2.75) is 52.9 Å². The largest absolute Gasteiger partial charge is 0.493 e. The Bertz CT molecular complexity index is 862. The van der Waals surface area contributed by atoms with Crippen LogP contribution in [0.15, 0.2) is 23.4 Å². The summed E-state index contributed by atoms with van der Waals surface area (Å²) < 4.78 is 16.1. The van der Waals surface area contributed by atoms with Crippen molar-refractivity contribution in [1.82, 2.24) is 10.6 Å². The SMILES string of the molecule is COc1cc(C2NC(=O)NC(C)=C2C(=O)OC(C)C)cc([N+](=O)[O-])c1OC(C)C.